The zero-order valence-corrected chi connectivity index (χ0v) is 7.51. The Balaban J connectivity index is 2.72. The van der Waals surface area contributed by atoms with Gasteiger partial charge < -0.3 is 4.74 Å². The molecule has 0 radical (unpaired) electrons. The van der Waals surface area contributed by atoms with Gasteiger partial charge >= 0.3 is 0 Å². The first kappa shape index (κ1) is 8.65. The lowest BCUT2D eigenvalue weighted by atomic mass is 10.5. The van der Waals surface area contributed by atoms with Crippen molar-refractivity contribution < 1.29 is 4.74 Å². The summed E-state index contributed by atoms with van der Waals surface area (Å²) >= 11 is 2.26. The van der Waals surface area contributed by atoms with Crippen LogP contribution >= 0.6 is 22.9 Å². The lowest BCUT2D eigenvalue weighted by Crippen LogP contribution is -2.07. The summed E-state index contributed by atoms with van der Waals surface area (Å²) in [6, 6.07) is 0. The Bertz CT molecular complexity index is 49.7. The highest BCUT2D eigenvalue weighted by atomic mass is 127. The molecule has 0 heterocycles. The number of rotatable bonds is 4. The average molecular weight is 229 g/mol. The third-order valence-corrected chi connectivity index (χ3v) is 1.30. The normalized spacial score (nSPS) is 10.5. The van der Waals surface area contributed by atoms with Gasteiger partial charge in [0.25, 0.3) is 0 Å². The largest absolute Gasteiger partial charge is 0.385 e. The average Bonchev–Trinajstić information content (AvgIpc) is 1.66. The van der Waals surface area contributed by atoms with E-state index in [9.17, 15) is 0 Å². The van der Waals surface area contributed by atoms with Crippen molar-refractivity contribution in [2.45, 2.75) is 6.42 Å². The number of halogens is 1. The van der Waals surface area contributed by atoms with Crippen LogP contribution in [0.4, 0.5) is 0 Å². The van der Waals surface area contributed by atoms with Crippen LogP contribution in [0.3, 0.4) is 0 Å². The summed E-state index contributed by atoms with van der Waals surface area (Å²) in [5.74, 6) is 0. The fourth-order valence-electron chi connectivity index (χ4n) is 0.427. The van der Waals surface area contributed by atoms with Crippen molar-refractivity contribution in [1.82, 2.24) is 3.11 Å². The molecule has 0 fully saturated rings. The third-order valence-electron chi connectivity index (χ3n) is 0.815. The summed E-state index contributed by atoms with van der Waals surface area (Å²) in [5.41, 5.74) is 0. The van der Waals surface area contributed by atoms with Crippen molar-refractivity contribution in [3.63, 3.8) is 0 Å². The van der Waals surface area contributed by atoms with Crippen LogP contribution in [0.15, 0.2) is 0 Å². The Hall–Kier alpha value is 0.650. The van der Waals surface area contributed by atoms with Crippen molar-refractivity contribution in [2.24, 2.45) is 0 Å². The van der Waals surface area contributed by atoms with Crippen LogP contribution in [0.5, 0.6) is 0 Å². The van der Waals surface area contributed by atoms with Gasteiger partial charge in [-0.05, 0) is 13.5 Å². The standard InChI is InChI=1S/C5H12INO/c1-7(6)4-3-5-8-2/h3-5H2,1-2H3. The molecule has 0 saturated carbocycles. The van der Waals surface area contributed by atoms with E-state index in [4.69, 9.17) is 4.74 Å². The van der Waals surface area contributed by atoms with Crippen LogP contribution in [-0.4, -0.2) is 30.4 Å². The minimum Gasteiger partial charge on any atom is -0.385 e. The lowest BCUT2D eigenvalue weighted by molar-refractivity contribution is 0.191. The maximum absolute atomic E-state index is 4.86. The van der Waals surface area contributed by atoms with Gasteiger partial charge in [-0.3, -0.25) is 3.11 Å². The molecule has 2 nitrogen and oxygen atoms in total. The molecule has 50 valence electrons. The Labute approximate surface area is 64.7 Å². The number of hydrogen-bond acceptors (Lipinski definition) is 2. The van der Waals surface area contributed by atoms with Crippen molar-refractivity contribution in [1.29, 1.82) is 0 Å². The van der Waals surface area contributed by atoms with Gasteiger partial charge in [0.1, 0.15) is 0 Å². The Kier molecular flexibility index (Phi) is 6.25. The zero-order valence-electron chi connectivity index (χ0n) is 5.35. The van der Waals surface area contributed by atoms with Gasteiger partial charge in [-0.25, -0.2) is 0 Å². The van der Waals surface area contributed by atoms with Gasteiger partial charge in [0, 0.05) is 43.1 Å². The van der Waals surface area contributed by atoms with Gasteiger partial charge in [0.15, 0.2) is 0 Å². The number of hydrogen-bond donors (Lipinski definition) is 0. The Morgan fingerprint density at radius 3 is 2.62 bits per heavy atom. The second-order valence-electron chi connectivity index (χ2n) is 1.67. The van der Waals surface area contributed by atoms with E-state index in [1.807, 2.05) is 0 Å². The third kappa shape index (κ3) is 6.65. The van der Waals surface area contributed by atoms with Crippen molar-refractivity contribution in [2.75, 3.05) is 27.3 Å². The quantitative estimate of drug-likeness (QED) is 0.409. The first-order valence-electron chi connectivity index (χ1n) is 2.63. The highest BCUT2D eigenvalue weighted by Gasteiger charge is 1.88. The smallest absolute Gasteiger partial charge is 0.0474 e. The molecular formula is C5H12INO. The Morgan fingerprint density at radius 2 is 2.25 bits per heavy atom. The zero-order chi connectivity index (χ0) is 6.41. The second-order valence-corrected chi connectivity index (χ2v) is 3.32. The van der Waals surface area contributed by atoms with E-state index in [0.29, 0.717) is 0 Å². The van der Waals surface area contributed by atoms with Crippen molar-refractivity contribution in [3.8, 4) is 0 Å². The molecule has 0 rings (SSSR count). The summed E-state index contributed by atoms with van der Waals surface area (Å²) in [6.07, 6.45) is 1.12. The number of methoxy groups -OCH3 is 1. The van der Waals surface area contributed by atoms with E-state index in [2.05, 4.69) is 33.0 Å². The molecule has 0 atom stereocenters. The van der Waals surface area contributed by atoms with Crippen LogP contribution in [0.2, 0.25) is 0 Å². The minimum absolute atomic E-state index is 0.868. The second kappa shape index (κ2) is 5.78. The first-order chi connectivity index (χ1) is 3.77. The summed E-state index contributed by atoms with van der Waals surface area (Å²) in [4.78, 5) is 0. The molecule has 0 aliphatic rings. The maximum Gasteiger partial charge on any atom is 0.0474 e. The van der Waals surface area contributed by atoms with Crippen LogP contribution in [0.1, 0.15) is 6.42 Å². The van der Waals surface area contributed by atoms with E-state index in [-0.39, 0.29) is 0 Å². The van der Waals surface area contributed by atoms with Crippen LogP contribution in [-0.2, 0) is 4.74 Å². The van der Waals surface area contributed by atoms with Crippen LogP contribution < -0.4 is 0 Å². The maximum atomic E-state index is 4.86. The van der Waals surface area contributed by atoms with Gasteiger partial charge in [-0.1, -0.05) is 0 Å². The molecule has 0 unspecified atom stereocenters. The fraction of sp³-hybridized carbons (Fsp3) is 1.00. The lowest BCUT2D eigenvalue weighted by Gasteiger charge is -2.04. The first-order valence-corrected chi connectivity index (χ1v) is 3.59. The molecule has 0 bridgehead atoms. The minimum atomic E-state index is 0.868. The SMILES string of the molecule is COCCCN(C)I. The number of nitrogens with zero attached hydrogens (tertiary/aromatic N) is 1. The van der Waals surface area contributed by atoms with E-state index in [1.54, 1.807) is 7.11 Å². The van der Waals surface area contributed by atoms with Crippen LogP contribution in [0.25, 0.3) is 0 Å². The van der Waals surface area contributed by atoms with Gasteiger partial charge in [-0.15, -0.1) is 0 Å². The molecule has 3 heteroatoms. The van der Waals surface area contributed by atoms with Gasteiger partial charge in [0.05, 0.1) is 0 Å². The molecule has 0 saturated heterocycles. The van der Waals surface area contributed by atoms with E-state index < -0.39 is 0 Å². The molecule has 0 spiro atoms. The molecule has 0 aliphatic carbocycles. The van der Waals surface area contributed by atoms with Crippen LogP contribution in [0, 0.1) is 0 Å². The predicted octanol–water partition coefficient (Wildman–Crippen LogP) is 1.30. The highest BCUT2D eigenvalue weighted by molar-refractivity contribution is 14.1. The van der Waals surface area contributed by atoms with E-state index in [0.717, 1.165) is 19.6 Å². The Morgan fingerprint density at radius 1 is 1.62 bits per heavy atom. The predicted molar refractivity (Wildman–Crippen MR) is 43.1 cm³/mol. The molecule has 0 aliphatic heterocycles. The van der Waals surface area contributed by atoms with Crippen molar-refractivity contribution >= 4 is 22.9 Å². The molecule has 8 heavy (non-hydrogen) atoms. The van der Waals surface area contributed by atoms with E-state index >= 15 is 0 Å². The summed E-state index contributed by atoms with van der Waals surface area (Å²) < 4.78 is 6.98. The van der Waals surface area contributed by atoms with Crippen molar-refractivity contribution in [3.05, 3.63) is 0 Å². The summed E-state index contributed by atoms with van der Waals surface area (Å²) in [5, 5.41) is 0. The molecule has 0 N–H and O–H groups in total. The van der Waals surface area contributed by atoms with Gasteiger partial charge in [0.2, 0.25) is 0 Å². The summed E-state index contributed by atoms with van der Waals surface area (Å²) in [7, 11) is 3.78. The molecule has 0 aromatic heterocycles. The van der Waals surface area contributed by atoms with Gasteiger partial charge in [-0.2, -0.15) is 0 Å². The molecular weight excluding hydrogens is 217 g/mol. The molecule has 0 aromatic rings. The highest BCUT2D eigenvalue weighted by Crippen LogP contribution is 1.93. The topological polar surface area (TPSA) is 12.5 Å². The molecule has 0 aromatic carbocycles. The fourth-order valence-corrected chi connectivity index (χ4v) is 0.768. The monoisotopic (exact) mass is 229 g/mol. The van der Waals surface area contributed by atoms with E-state index in [1.165, 1.54) is 0 Å². The summed E-state index contributed by atoms with van der Waals surface area (Å²) in [6.45, 7) is 1.97. The number of ether oxygens (including phenoxy) is 1. The molecule has 0 amide bonds.